The van der Waals surface area contributed by atoms with Crippen molar-refractivity contribution in [3.8, 4) is 16.6 Å². The van der Waals surface area contributed by atoms with Crippen LogP contribution in [0.2, 0.25) is 0 Å². The molecule has 0 atom stereocenters. The van der Waals surface area contributed by atoms with Crippen LogP contribution >= 0.6 is 11.3 Å². The molecule has 9 heteroatoms. The number of aromatic nitrogens is 2. The van der Waals surface area contributed by atoms with Gasteiger partial charge in [-0.1, -0.05) is 0 Å². The smallest absolute Gasteiger partial charge is 0.435 e. The maximum atomic E-state index is 12.7. The van der Waals surface area contributed by atoms with E-state index in [1.807, 2.05) is 0 Å². The van der Waals surface area contributed by atoms with E-state index < -0.39 is 22.7 Å². The first-order valence-corrected chi connectivity index (χ1v) is 5.82. The highest BCUT2D eigenvalue weighted by Gasteiger charge is 2.39. The van der Waals surface area contributed by atoms with Gasteiger partial charge < -0.3 is 5.11 Å². The van der Waals surface area contributed by atoms with Crippen molar-refractivity contribution in [1.29, 1.82) is 5.26 Å². The van der Waals surface area contributed by atoms with Crippen molar-refractivity contribution in [3.63, 3.8) is 0 Å². The molecule has 2 aromatic heterocycles. The molecular weight excluding hydrogens is 295 g/mol. The molecule has 0 aliphatic carbocycles. The first-order valence-electron chi connectivity index (χ1n) is 5.00. The molecule has 0 saturated carbocycles. The van der Waals surface area contributed by atoms with Gasteiger partial charge in [0, 0.05) is 11.8 Å². The summed E-state index contributed by atoms with van der Waals surface area (Å²) in [6.45, 7) is 0. The lowest BCUT2D eigenvalue weighted by atomic mass is 10.2. The molecule has 0 aromatic carbocycles. The van der Waals surface area contributed by atoms with Crippen molar-refractivity contribution in [2.24, 2.45) is 0 Å². The van der Waals surface area contributed by atoms with Crippen molar-refractivity contribution >= 4 is 17.3 Å². The standard InChI is InChI=1S/C11H4F3N3O2S/c12-11(13,14)8-7(10(18)19)20-9(17-8)5-1-2-16-6(3-5)4-15/h1-3H,(H,18,19). The van der Waals surface area contributed by atoms with Crippen LogP contribution in [-0.4, -0.2) is 21.0 Å². The molecule has 102 valence electrons. The molecule has 0 saturated heterocycles. The zero-order valence-electron chi connectivity index (χ0n) is 9.47. The van der Waals surface area contributed by atoms with Gasteiger partial charge in [-0.15, -0.1) is 11.3 Å². The van der Waals surface area contributed by atoms with E-state index in [0.29, 0.717) is 11.3 Å². The number of nitrogens with zero attached hydrogens (tertiary/aromatic N) is 3. The molecule has 2 aromatic rings. The van der Waals surface area contributed by atoms with E-state index in [0.717, 1.165) is 0 Å². The van der Waals surface area contributed by atoms with E-state index >= 15 is 0 Å². The molecule has 0 unspecified atom stereocenters. The van der Waals surface area contributed by atoms with Gasteiger partial charge >= 0.3 is 12.1 Å². The highest BCUT2D eigenvalue weighted by molar-refractivity contribution is 7.17. The Morgan fingerprint density at radius 1 is 1.45 bits per heavy atom. The fourth-order valence-corrected chi connectivity index (χ4v) is 2.33. The van der Waals surface area contributed by atoms with Crippen molar-refractivity contribution in [2.45, 2.75) is 6.18 Å². The van der Waals surface area contributed by atoms with Crippen LogP contribution in [0.4, 0.5) is 13.2 Å². The van der Waals surface area contributed by atoms with E-state index in [-0.39, 0.29) is 16.3 Å². The number of rotatable bonds is 2. The molecule has 0 radical (unpaired) electrons. The molecule has 20 heavy (non-hydrogen) atoms. The lowest BCUT2D eigenvalue weighted by molar-refractivity contribution is -0.141. The summed E-state index contributed by atoms with van der Waals surface area (Å²) in [7, 11) is 0. The Balaban J connectivity index is 2.59. The van der Waals surface area contributed by atoms with Crippen LogP contribution in [0.3, 0.4) is 0 Å². The Labute approximate surface area is 114 Å². The zero-order chi connectivity index (χ0) is 14.9. The highest BCUT2D eigenvalue weighted by Crippen LogP contribution is 2.37. The van der Waals surface area contributed by atoms with Gasteiger partial charge in [-0.05, 0) is 12.1 Å². The van der Waals surface area contributed by atoms with E-state index in [4.69, 9.17) is 10.4 Å². The summed E-state index contributed by atoms with van der Waals surface area (Å²) >= 11 is 0.399. The van der Waals surface area contributed by atoms with Gasteiger partial charge in [0.2, 0.25) is 0 Å². The van der Waals surface area contributed by atoms with Crippen LogP contribution < -0.4 is 0 Å². The second-order valence-electron chi connectivity index (χ2n) is 3.54. The molecule has 0 bridgehead atoms. The molecule has 1 N–H and O–H groups in total. The van der Waals surface area contributed by atoms with Crippen molar-refractivity contribution in [3.05, 3.63) is 34.6 Å². The van der Waals surface area contributed by atoms with Gasteiger partial charge in [0.15, 0.2) is 5.69 Å². The van der Waals surface area contributed by atoms with Crippen molar-refractivity contribution < 1.29 is 23.1 Å². The van der Waals surface area contributed by atoms with Crippen LogP contribution in [0.1, 0.15) is 21.1 Å². The third-order valence-electron chi connectivity index (χ3n) is 2.21. The van der Waals surface area contributed by atoms with Gasteiger partial charge in [-0.3, -0.25) is 0 Å². The number of thiazole rings is 1. The number of hydrogen-bond donors (Lipinski definition) is 1. The minimum atomic E-state index is -4.85. The molecule has 2 heterocycles. The lowest BCUT2D eigenvalue weighted by Gasteiger charge is -2.02. The second-order valence-corrected chi connectivity index (χ2v) is 4.54. The Hall–Kier alpha value is -2.47. The van der Waals surface area contributed by atoms with E-state index in [1.165, 1.54) is 18.3 Å². The van der Waals surface area contributed by atoms with Crippen molar-refractivity contribution in [1.82, 2.24) is 9.97 Å². The minimum absolute atomic E-state index is 0.00290. The molecule has 2 rings (SSSR count). The van der Waals surface area contributed by atoms with Crippen LogP contribution in [0.25, 0.3) is 10.6 Å². The summed E-state index contributed by atoms with van der Waals surface area (Å²) in [5.41, 5.74) is -1.23. The third-order valence-corrected chi connectivity index (χ3v) is 3.30. The number of pyridine rings is 1. The first-order chi connectivity index (χ1) is 9.32. The predicted octanol–water partition coefficient (Wildman–Crippen LogP) is 2.79. The minimum Gasteiger partial charge on any atom is -0.477 e. The molecular formula is C11H4F3N3O2S. The average molecular weight is 299 g/mol. The summed E-state index contributed by atoms with van der Waals surface area (Å²) < 4.78 is 38.1. The quantitative estimate of drug-likeness (QED) is 0.921. The Kier molecular flexibility index (Phi) is 3.42. The molecule has 0 aliphatic heterocycles. The number of hydrogen-bond acceptors (Lipinski definition) is 5. The Morgan fingerprint density at radius 2 is 2.15 bits per heavy atom. The lowest BCUT2D eigenvalue weighted by Crippen LogP contribution is -2.11. The fraction of sp³-hybridized carbons (Fsp3) is 0.0909. The number of carboxylic acid groups (broad SMARTS) is 1. The Morgan fingerprint density at radius 3 is 2.65 bits per heavy atom. The molecule has 0 aliphatic rings. The summed E-state index contributed by atoms with van der Waals surface area (Å²) in [6, 6.07) is 4.33. The predicted molar refractivity (Wildman–Crippen MR) is 62.0 cm³/mol. The summed E-state index contributed by atoms with van der Waals surface area (Å²) in [6.07, 6.45) is -3.61. The van der Waals surface area contributed by atoms with Crippen LogP contribution in [0.15, 0.2) is 18.3 Å². The van der Waals surface area contributed by atoms with Gasteiger partial charge in [0.25, 0.3) is 0 Å². The SMILES string of the molecule is N#Cc1cc(-c2nc(C(F)(F)F)c(C(=O)O)s2)ccn1. The maximum Gasteiger partial charge on any atom is 0.435 e. The molecule has 0 fully saturated rings. The molecule has 0 spiro atoms. The molecule has 5 nitrogen and oxygen atoms in total. The normalized spacial score (nSPS) is 11.1. The number of aromatic carboxylic acids is 1. The number of nitriles is 1. The third kappa shape index (κ3) is 2.60. The summed E-state index contributed by atoms with van der Waals surface area (Å²) in [4.78, 5) is 17.0. The summed E-state index contributed by atoms with van der Waals surface area (Å²) in [5, 5.41) is 17.3. The summed E-state index contributed by atoms with van der Waals surface area (Å²) in [5.74, 6) is -1.70. The van der Waals surface area contributed by atoms with Crippen LogP contribution in [0, 0.1) is 11.3 Å². The highest BCUT2D eigenvalue weighted by atomic mass is 32.1. The molecule has 0 amide bonds. The van der Waals surface area contributed by atoms with Gasteiger partial charge in [0.05, 0.1) is 0 Å². The van der Waals surface area contributed by atoms with Crippen LogP contribution in [0.5, 0.6) is 0 Å². The number of alkyl halides is 3. The average Bonchev–Trinajstić information content (AvgIpc) is 2.84. The van der Waals surface area contributed by atoms with E-state index in [1.54, 1.807) is 6.07 Å². The van der Waals surface area contributed by atoms with Gasteiger partial charge in [-0.25, -0.2) is 14.8 Å². The monoisotopic (exact) mass is 299 g/mol. The Bertz CT molecular complexity index is 718. The number of carbonyl (C=O) groups is 1. The van der Waals surface area contributed by atoms with Gasteiger partial charge in [-0.2, -0.15) is 18.4 Å². The van der Waals surface area contributed by atoms with Crippen LogP contribution in [-0.2, 0) is 6.18 Å². The topological polar surface area (TPSA) is 86.9 Å². The van der Waals surface area contributed by atoms with Crippen molar-refractivity contribution in [2.75, 3.05) is 0 Å². The largest absolute Gasteiger partial charge is 0.477 e. The zero-order valence-corrected chi connectivity index (χ0v) is 10.3. The van der Waals surface area contributed by atoms with Gasteiger partial charge in [0.1, 0.15) is 21.6 Å². The second kappa shape index (κ2) is 4.90. The first kappa shape index (κ1) is 14.0. The number of halogens is 3. The van der Waals surface area contributed by atoms with E-state index in [9.17, 15) is 18.0 Å². The van der Waals surface area contributed by atoms with E-state index in [2.05, 4.69) is 9.97 Å². The number of carboxylic acids is 1. The maximum absolute atomic E-state index is 12.7. The fourth-order valence-electron chi connectivity index (χ4n) is 1.41.